The smallest absolute Gasteiger partial charge is 0.0342 e. The van der Waals surface area contributed by atoms with Gasteiger partial charge in [0.2, 0.25) is 0 Å². The lowest BCUT2D eigenvalue weighted by Crippen LogP contribution is -2.35. The fraction of sp³-hybridized carbons (Fsp3) is 0.600. The SMILES string of the molecule is CC(C)(C)c1ccc(NC2CCNCC2)cc1. The first kappa shape index (κ1) is 12.4. The van der Waals surface area contributed by atoms with Gasteiger partial charge in [0.25, 0.3) is 0 Å². The molecule has 0 unspecified atom stereocenters. The molecule has 1 saturated heterocycles. The monoisotopic (exact) mass is 232 g/mol. The Hall–Kier alpha value is -1.02. The van der Waals surface area contributed by atoms with Crippen molar-refractivity contribution < 1.29 is 0 Å². The second-order valence-electron chi connectivity index (χ2n) is 6.00. The van der Waals surface area contributed by atoms with Gasteiger partial charge in [0, 0.05) is 11.7 Å². The molecule has 0 radical (unpaired) electrons. The van der Waals surface area contributed by atoms with E-state index in [4.69, 9.17) is 0 Å². The molecule has 1 heterocycles. The van der Waals surface area contributed by atoms with Crippen LogP contribution in [0.25, 0.3) is 0 Å². The van der Waals surface area contributed by atoms with Crippen LogP contribution in [0.4, 0.5) is 5.69 Å². The van der Waals surface area contributed by atoms with Crippen LogP contribution < -0.4 is 10.6 Å². The maximum atomic E-state index is 3.62. The van der Waals surface area contributed by atoms with Gasteiger partial charge in [-0.15, -0.1) is 0 Å². The average molecular weight is 232 g/mol. The van der Waals surface area contributed by atoms with E-state index in [1.54, 1.807) is 0 Å². The molecule has 0 atom stereocenters. The van der Waals surface area contributed by atoms with E-state index in [0.717, 1.165) is 13.1 Å². The Morgan fingerprint density at radius 1 is 1.06 bits per heavy atom. The number of piperidine rings is 1. The van der Waals surface area contributed by atoms with Crippen LogP contribution in [-0.2, 0) is 5.41 Å². The van der Waals surface area contributed by atoms with Gasteiger partial charge in [0.1, 0.15) is 0 Å². The van der Waals surface area contributed by atoms with Gasteiger partial charge < -0.3 is 10.6 Å². The first-order valence-electron chi connectivity index (χ1n) is 6.63. The molecule has 1 aliphatic rings. The van der Waals surface area contributed by atoms with E-state index in [0.29, 0.717) is 6.04 Å². The number of rotatable bonds is 2. The molecule has 94 valence electrons. The normalized spacial score (nSPS) is 18.1. The Labute approximate surface area is 105 Å². The van der Waals surface area contributed by atoms with Crippen LogP contribution in [0.3, 0.4) is 0 Å². The molecule has 2 N–H and O–H groups in total. The van der Waals surface area contributed by atoms with Crippen molar-refractivity contribution >= 4 is 5.69 Å². The van der Waals surface area contributed by atoms with E-state index < -0.39 is 0 Å². The lowest BCUT2D eigenvalue weighted by atomic mass is 9.87. The number of hydrogen-bond donors (Lipinski definition) is 2. The van der Waals surface area contributed by atoms with Gasteiger partial charge in [0.15, 0.2) is 0 Å². The Bertz CT molecular complexity index is 342. The lowest BCUT2D eigenvalue weighted by Gasteiger charge is -2.25. The Kier molecular flexibility index (Phi) is 3.72. The molecule has 0 aromatic heterocycles. The van der Waals surface area contributed by atoms with Crippen molar-refractivity contribution in [3.8, 4) is 0 Å². The number of nitrogens with one attached hydrogen (secondary N) is 2. The molecule has 0 spiro atoms. The predicted octanol–water partition coefficient (Wildman–Crippen LogP) is 3.15. The molecule has 2 nitrogen and oxygen atoms in total. The van der Waals surface area contributed by atoms with Crippen LogP contribution in [0, 0.1) is 0 Å². The molecule has 1 aliphatic heterocycles. The second kappa shape index (κ2) is 5.09. The van der Waals surface area contributed by atoms with Crippen molar-refractivity contribution in [2.45, 2.75) is 45.1 Å². The second-order valence-corrected chi connectivity index (χ2v) is 6.00. The first-order valence-corrected chi connectivity index (χ1v) is 6.63. The lowest BCUT2D eigenvalue weighted by molar-refractivity contribution is 0.479. The summed E-state index contributed by atoms with van der Waals surface area (Å²) in [4.78, 5) is 0. The van der Waals surface area contributed by atoms with Gasteiger partial charge >= 0.3 is 0 Å². The summed E-state index contributed by atoms with van der Waals surface area (Å²) in [5, 5.41) is 7.01. The van der Waals surface area contributed by atoms with E-state index >= 15 is 0 Å². The Morgan fingerprint density at radius 2 is 1.65 bits per heavy atom. The molecule has 17 heavy (non-hydrogen) atoms. The van der Waals surface area contributed by atoms with Crippen LogP contribution >= 0.6 is 0 Å². The summed E-state index contributed by atoms with van der Waals surface area (Å²) in [6, 6.07) is 9.54. The van der Waals surface area contributed by atoms with Crippen molar-refractivity contribution in [2.24, 2.45) is 0 Å². The van der Waals surface area contributed by atoms with E-state index in [1.807, 2.05) is 0 Å². The maximum Gasteiger partial charge on any atom is 0.0342 e. The predicted molar refractivity (Wildman–Crippen MR) is 74.7 cm³/mol. The van der Waals surface area contributed by atoms with Gasteiger partial charge in [-0.05, 0) is 49.0 Å². The number of benzene rings is 1. The van der Waals surface area contributed by atoms with E-state index in [9.17, 15) is 0 Å². The third kappa shape index (κ3) is 3.47. The summed E-state index contributed by atoms with van der Waals surface area (Å²) < 4.78 is 0. The Morgan fingerprint density at radius 3 is 2.18 bits per heavy atom. The maximum absolute atomic E-state index is 3.62. The van der Waals surface area contributed by atoms with Crippen LogP contribution in [0.2, 0.25) is 0 Å². The zero-order valence-corrected chi connectivity index (χ0v) is 11.2. The fourth-order valence-electron chi connectivity index (χ4n) is 2.27. The summed E-state index contributed by atoms with van der Waals surface area (Å²) in [7, 11) is 0. The van der Waals surface area contributed by atoms with Crippen LogP contribution in [0.5, 0.6) is 0 Å². The zero-order valence-electron chi connectivity index (χ0n) is 11.2. The molecule has 0 amide bonds. The standard InChI is InChI=1S/C15H24N2/c1-15(2,3)12-4-6-13(7-5-12)17-14-8-10-16-11-9-14/h4-7,14,16-17H,8-11H2,1-3H3. The highest BCUT2D eigenvalue weighted by Gasteiger charge is 2.14. The van der Waals surface area contributed by atoms with Crippen LogP contribution in [-0.4, -0.2) is 19.1 Å². The minimum Gasteiger partial charge on any atom is -0.382 e. The van der Waals surface area contributed by atoms with E-state index in [2.05, 4.69) is 55.7 Å². The number of anilines is 1. The molecule has 1 fully saturated rings. The van der Waals surface area contributed by atoms with Crippen LogP contribution in [0.15, 0.2) is 24.3 Å². The van der Waals surface area contributed by atoms with Crippen molar-refractivity contribution in [1.29, 1.82) is 0 Å². The topological polar surface area (TPSA) is 24.1 Å². The molecule has 0 aliphatic carbocycles. The summed E-state index contributed by atoms with van der Waals surface area (Å²) in [6.45, 7) is 9.03. The van der Waals surface area contributed by atoms with Gasteiger partial charge in [-0.1, -0.05) is 32.9 Å². The highest BCUT2D eigenvalue weighted by molar-refractivity contribution is 5.46. The van der Waals surface area contributed by atoms with Crippen molar-refractivity contribution in [2.75, 3.05) is 18.4 Å². The first-order chi connectivity index (χ1) is 8.05. The summed E-state index contributed by atoms with van der Waals surface area (Å²) >= 11 is 0. The van der Waals surface area contributed by atoms with E-state index in [-0.39, 0.29) is 5.41 Å². The minimum atomic E-state index is 0.243. The van der Waals surface area contributed by atoms with Crippen LogP contribution in [0.1, 0.15) is 39.2 Å². The molecule has 0 saturated carbocycles. The quantitative estimate of drug-likeness (QED) is 0.818. The molecular formula is C15H24N2. The molecular weight excluding hydrogens is 208 g/mol. The minimum absolute atomic E-state index is 0.243. The third-order valence-corrected chi connectivity index (χ3v) is 3.46. The van der Waals surface area contributed by atoms with Gasteiger partial charge in [-0.3, -0.25) is 0 Å². The fourth-order valence-corrected chi connectivity index (χ4v) is 2.27. The number of hydrogen-bond acceptors (Lipinski definition) is 2. The van der Waals surface area contributed by atoms with Crippen molar-refractivity contribution in [1.82, 2.24) is 5.32 Å². The van der Waals surface area contributed by atoms with E-state index in [1.165, 1.54) is 24.1 Å². The highest BCUT2D eigenvalue weighted by Crippen LogP contribution is 2.24. The third-order valence-electron chi connectivity index (χ3n) is 3.46. The molecule has 0 bridgehead atoms. The zero-order chi connectivity index (χ0) is 12.3. The van der Waals surface area contributed by atoms with Gasteiger partial charge in [-0.2, -0.15) is 0 Å². The summed E-state index contributed by atoms with van der Waals surface area (Å²) in [5.74, 6) is 0. The highest BCUT2D eigenvalue weighted by atomic mass is 15.0. The molecule has 1 aromatic rings. The largest absolute Gasteiger partial charge is 0.382 e. The molecule has 2 heteroatoms. The van der Waals surface area contributed by atoms with Crippen molar-refractivity contribution in [3.63, 3.8) is 0 Å². The summed E-state index contributed by atoms with van der Waals surface area (Å²) in [6.07, 6.45) is 2.45. The average Bonchev–Trinajstić information content (AvgIpc) is 2.30. The molecule has 2 rings (SSSR count). The molecule has 1 aromatic carbocycles. The van der Waals surface area contributed by atoms with Gasteiger partial charge in [-0.25, -0.2) is 0 Å². The van der Waals surface area contributed by atoms with Crippen molar-refractivity contribution in [3.05, 3.63) is 29.8 Å². The summed E-state index contributed by atoms with van der Waals surface area (Å²) in [5.41, 5.74) is 2.89. The van der Waals surface area contributed by atoms with Gasteiger partial charge in [0.05, 0.1) is 0 Å². The Balaban J connectivity index is 1.98.